The van der Waals surface area contributed by atoms with Gasteiger partial charge in [0.05, 0.1) is 10.6 Å². The van der Waals surface area contributed by atoms with E-state index in [0.29, 0.717) is 17.8 Å². The number of pyridine rings is 1. The van der Waals surface area contributed by atoms with Gasteiger partial charge < -0.3 is 10.2 Å². The lowest BCUT2D eigenvalue weighted by molar-refractivity contribution is 0.0951. The second-order valence-corrected chi connectivity index (χ2v) is 8.86. The van der Waals surface area contributed by atoms with Crippen molar-refractivity contribution in [2.75, 3.05) is 30.3 Å². The van der Waals surface area contributed by atoms with E-state index < -0.39 is 10.0 Å². The Hall–Kier alpha value is -3.39. The number of anilines is 2. The summed E-state index contributed by atoms with van der Waals surface area (Å²) in [6.07, 6.45) is 1.70. The van der Waals surface area contributed by atoms with E-state index in [1.165, 1.54) is 35.6 Å². The van der Waals surface area contributed by atoms with Crippen LogP contribution in [-0.4, -0.2) is 40.5 Å². The Morgan fingerprint density at radius 1 is 0.933 bits per heavy atom. The molecule has 8 heteroatoms. The van der Waals surface area contributed by atoms with E-state index in [1.807, 2.05) is 37.2 Å². The summed E-state index contributed by atoms with van der Waals surface area (Å²) in [6.45, 7) is 0.316. The Bertz CT molecular complexity index is 1110. The maximum Gasteiger partial charge on any atom is 0.264 e. The van der Waals surface area contributed by atoms with Gasteiger partial charge in [0.2, 0.25) is 0 Å². The number of benzene rings is 2. The lowest BCUT2D eigenvalue weighted by atomic mass is 10.2. The molecule has 0 saturated carbocycles. The summed E-state index contributed by atoms with van der Waals surface area (Å²) in [5, 5.41) is 2.85. The Morgan fingerprint density at radius 2 is 1.60 bits per heavy atom. The highest BCUT2D eigenvalue weighted by atomic mass is 32.2. The number of carbonyl (C=O) groups is 1. The van der Waals surface area contributed by atoms with Crippen molar-refractivity contribution in [3.05, 3.63) is 84.1 Å². The van der Waals surface area contributed by atoms with Crippen molar-refractivity contribution in [1.82, 2.24) is 10.3 Å². The molecular weight excluding hydrogens is 400 g/mol. The molecule has 2 aromatic carbocycles. The van der Waals surface area contributed by atoms with Crippen LogP contribution >= 0.6 is 0 Å². The minimum absolute atomic E-state index is 0.118. The molecule has 0 fully saturated rings. The molecule has 1 heterocycles. The molecule has 0 aliphatic rings. The number of hydrogen-bond donors (Lipinski definition) is 1. The molecule has 3 aromatic rings. The molecule has 3 rings (SSSR count). The predicted molar refractivity (Wildman–Crippen MR) is 118 cm³/mol. The molecule has 7 nitrogen and oxygen atoms in total. The fourth-order valence-electron chi connectivity index (χ4n) is 2.96. The van der Waals surface area contributed by atoms with Crippen LogP contribution in [0.4, 0.5) is 11.5 Å². The molecule has 0 unspecified atom stereocenters. The van der Waals surface area contributed by atoms with Crippen molar-refractivity contribution in [2.45, 2.75) is 11.4 Å². The summed E-state index contributed by atoms with van der Waals surface area (Å²) in [4.78, 5) is 18.8. The molecule has 1 aromatic heterocycles. The van der Waals surface area contributed by atoms with Crippen LogP contribution in [-0.2, 0) is 16.6 Å². The topological polar surface area (TPSA) is 82.6 Å². The molecule has 156 valence electrons. The van der Waals surface area contributed by atoms with Crippen molar-refractivity contribution in [1.29, 1.82) is 0 Å². The van der Waals surface area contributed by atoms with Gasteiger partial charge in [-0.05, 0) is 42.5 Å². The van der Waals surface area contributed by atoms with E-state index in [9.17, 15) is 13.2 Å². The zero-order chi connectivity index (χ0) is 21.7. The van der Waals surface area contributed by atoms with Gasteiger partial charge in [0.15, 0.2) is 0 Å². The highest BCUT2D eigenvalue weighted by Gasteiger charge is 2.21. The zero-order valence-electron chi connectivity index (χ0n) is 17.1. The zero-order valence-corrected chi connectivity index (χ0v) is 17.9. The molecule has 0 radical (unpaired) electrons. The Kier molecular flexibility index (Phi) is 6.37. The fourth-order valence-corrected chi connectivity index (χ4v) is 4.16. The average molecular weight is 425 g/mol. The third-order valence-corrected chi connectivity index (χ3v) is 6.42. The first-order valence-corrected chi connectivity index (χ1v) is 10.8. The van der Waals surface area contributed by atoms with Crippen molar-refractivity contribution in [3.63, 3.8) is 0 Å². The third kappa shape index (κ3) is 4.60. The lowest BCUT2D eigenvalue weighted by Gasteiger charge is -2.19. The monoisotopic (exact) mass is 424 g/mol. The molecule has 1 amide bonds. The first kappa shape index (κ1) is 21.3. The van der Waals surface area contributed by atoms with Gasteiger partial charge in [0, 0.05) is 45.0 Å². The number of para-hydroxylation sites is 1. The van der Waals surface area contributed by atoms with Crippen LogP contribution in [0.2, 0.25) is 0 Å². The molecule has 0 aliphatic carbocycles. The first-order valence-electron chi connectivity index (χ1n) is 9.34. The van der Waals surface area contributed by atoms with Crippen molar-refractivity contribution in [2.24, 2.45) is 0 Å². The Labute approximate surface area is 177 Å². The molecule has 30 heavy (non-hydrogen) atoms. The van der Waals surface area contributed by atoms with E-state index in [4.69, 9.17) is 0 Å². The highest BCUT2D eigenvalue weighted by Crippen LogP contribution is 2.22. The summed E-state index contributed by atoms with van der Waals surface area (Å²) < 4.78 is 26.9. The number of rotatable bonds is 7. The SMILES string of the molecule is CN(C)c1ncccc1CNC(=O)c1ccc(S(=O)(=O)N(C)c2ccccc2)cc1. The number of sulfonamides is 1. The van der Waals surface area contributed by atoms with Gasteiger partial charge in [0.1, 0.15) is 5.82 Å². The van der Waals surface area contributed by atoms with Crippen LogP contribution in [0.3, 0.4) is 0 Å². The largest absolute Gasteiger partial charge is 0.362 e. The Balaban J connectivity index is 1.72. The maximum atomic E-state index is 12.8. The van der Waals surface area contributed by atoms with Crippen LogP contribution in [0, 0.1) is 0 Å². The van der Waals surface area contributed by atoms with Crippen LogP contribution in [0.1, 0.15) is 15.9 Å². The minimum Gasteiger partial charge on any atom is -0.362 e. The normalized spacial score (nSPS) is 11.0. The summed E-state index contributed by atoms with van der Waals surface area (Å²) >= 11 is 0. The van der Waals surface area contributed by atoms with Gasteiger partial charge in [-0.15, -0.1) is 0 Å². The summed E-state index contributed by atoms with van der Waals surface area (Å²) in [5.74, 6) is 0.493. The summed E-state index contributed by atoms with van der Waals surface area (Å²) in [5.41, 5.74) is 1.83. The van der Waals surface area contributed by atoms with Gasteiger partial charge >= 0.3 is 0 Å². The van der Waals surface area contributed by atoms with Crippen molar-refractivity contribution in [3.8, 4) is 0 Å². The van der Waals surface area contributed by atoms with Gasteiger partial charge in [0.25, 0.3) is 15.9 Å². The minimum atomic E-state index is -3.72. The quantitative estimate of drug-likeness (QED) is 0.631. The van der Waals surface area contributed by atoms with Gasteiger partial charge in [-0.2, -0.15) is 0 Å². The van der Waals surface area contributed by atoms with E-state index in [-0.39, 0.29) is 10.8 Å². The number of carbonyl (C=O) groups excluding carboxylic acids is 1. The summed E-state index contributed by atoms with van der Waals surface area (Å²) in [6, 6.07) is 18.4. The fraction of sp³-hybridized carbons (Fsp3) is 0.182. The second kappa shape index (κ2) is 8.96. The predicted octanol–water partition coefficient (Wildman–Crippen LogP) is 2.90. The molecule has 1 N–H and O–H groups in total. The molecule has 0 bridgehead atoms. The van der Waals surface area contributed by atoms with Gasteiger partial charge in [-0.1, -0.05) is 24.3 Å². The average Bonchev–Trinajstić information content (AvgIpc) is 2.77. The van der Waals surface area contributed by atoms with Crippen LogP contribution in [0.5, 0.6) is 0 Å². The van der Waals surface area contributed by atoms with E-state index in [0.717, 1.165) is 11.4 Å². The third-order valence-electron chi connectivity index (χ3n) is 4.63. The maximum absolute atomic E-state index is 12.8. The molecule has 0 saturated heterocycles. The lowest BCUT2D eigenvalue weighted by Crippen LogP contribution is -2.27. The van der Waals surface area contributed by atoms with Crippen molar-refractivity contribution < 1.29 is 13.2 Å². The molecular formula is C22H24N4O3S. The van der Waals surface area contributed by atoms with Gasteiger partial charge in [-0.25, -0.2) is 13.4 Å². The van der Waals surface area contributed by atoms with Crippen molar-refractivity contribution >= 4 is 27.4 Å². The number of nitrogens with zero attached hydrogens (tertiary/aromatic N) is 3. The van der Waals surface area contributed by atoms with E-state index >= 15 is 0 Å². The number of amides is 1. The first-order chi connectivity index (χ1) is 14.3. The number of nitrogens with one attached hydrogen (secondary N) is 1. The molecule has 0 atom stereocenters. The standard InChI is InChI=1S/C22H24N4O3S/c1-25(2)21-18(8-7-15-23-21)16-24-22(27)17-11-13-20(14-12-17)30(28,29)26(3)19-9-5-4-6-10-19/h4-15H,16H2,1-3H3,(H,24,27). The van der Waals surface area contributed by atoms with Crippen LogP contribution in [0.15, 0.2) is 77.8 Å². The van der Waals surface area contributed by atoms with Gasteiger partial charge in [-0.3, -0.25) is 9.10 Å². The Morgan fingerprint density at radius 3 is 2.23 bits per heavy atom. The number of aromatic nitrogens is 1. The van der Waals surface area contributed by atoms with E-state index in [2.05, 4.69) is 10.3 Å². The summed E-state index contributed by atoms with van der Waals surface area (Å²) in [7, 11) is 1.56. The number of hydrogen-bond acceptors (Lipinski definition) is 5. The highest BCUT2D eigenvalue weighted by molar-refractivity contribution is 7.92. The van der Waals surface area contributed by atoms with E-state index in [1.54, 1.807) is 30.5 Å². The second-order valence-electron chi connectivity index (χ2n) is 6.90. The smallest absolute Gasteiger partial charge is 0.264 e. The van der Waals surface area contributed by atoms with Crippen LogP contribution < -0.4 is 14.5 Å². The molecule has 0 spiro atoms. The molecule has 0 aliphatic heterocycles. The van der Waals surface area contributed by atoms with Crippen LogP contribution in [0.25, 0.3) is 0 Å².